The van der Waals surface area contributed by atoms with E-state index in [0.717, 1.165) is 64.2 Å². The molecule has 0 aromatic carbocycles. The van der Waals surface area contributed by atoms with Gasteiger partial charge in [-0.1, -0.05) is 150 Å². The van der Waals surface area contributed by atoms with Gasteiger partial charge in [0.05, 0.1) is 12.7 Å². The second-order valence-electron chi connectivity index (χ2n) is 16.6. The predicted octanol–water partition coefficient (Wildman–Crippen LogP) is 8.36. The molecule has 1 aliphatic rings. The Morgan fingerprint density at radius 2 is 1.10 bits per heavy atom. The third-order valence-electron chi connectivity index (χ3n) is 10.5. The van der Waals surface area contributed by atoms with Crippen LogP contribution in [0.3, 0.4) is 0 Å². The van der Waals surface area contributed by atoms with Gasteiger partial charge in [-0.05, 0) is 70.6 Å². The number of aliphatic hydroxyl groups excluding tert-OH is 5. The molecule has 0 aromatic rings. The zero-order valence-electron chi connectivity index (χ0n) is 40.1. The Morgan fingerprint density at radius 3 is 1.71 bits per heavy atom. The van der Waals surface area contributed by atoms with Crippen molar-refractivity contribution >= 4 is 27.6 Å². The number of aliphatic hydroxyl groups is 5. The van der Waals surface area contributed by atoms with Crippen molar-refractivity contribution in [3.63, 3.8) is 0 Å². The Hall–Kier alpha value is -2.86. The maximum atomic E-state index is 13.0. The minimum absolute atomic E-state index is 0.00714. The summed E-state index contributed by atoms with van der Waals surface area (Å²) < 4.78 is 49.2. The lowest BCUT2D eigenvalue weighted by Crippen LogP contribution is -2.64. The minimum atomic E-state index is -5.39. The topological polar surface area (TPSA) is 276 Å². The summed E-state index contributed by atoms with van der Waals surface area (Å²) in [6.45, 7) is 2.82. The van der Waals surface area contributed by atoms with Gasteiger partial charge < -0.3 is 49.7 Å². The van der Waals surface area contributed by atoms with E-state index in [4.69, 9.17) is 18.5 Å². The summed E-state index contributed by atoms with van der Waals surface area (Å²) in [5, 5.41) is 51.5. The van der Waals surface area contributed by atoms with Gasteiger partial charge in [-0.15, -0.1) is 0 Å². The number of unbranched alkanes of at least 4 members (excludes halogenated alkanes) is 11. The largest absolute Gasteiger partial charge is 0.472 e. The molecule has 68 heavy (non-hydrogen) atoms. The smallest absolute Gasteiger partial charge is 0.462 e. The van der Waals surface area contributed by atoms with Crippen molar-refractivity contribution in [2.75, 3.05) is 13.2 Å². The molecule has 0 saturated heterocycles. The van der Waals surface area contributed by atoms with Crippen molar-refractivity contribution in [1.29, 1.82) is 0 Å². The van der Waals surface area contributed by atoms with Crippen LogP contribution < -0.4 is 0 Å². The lowest BCUT2D eigenvalue weighted by atomic mass is 9.85. The highest BCUT2D eigenvalue weighted by atomic mass is 31.2. The Balaban J connectivity index is 2.68. The summed E-state index contributed by atoms with van der Waals surface area (Å²) in [7, 11) is -10.7. The first-order valence-corrected chi connectivity index (χ1v) is 27.3. The van der Waals surface area contributed by atoms with E-state index >= 15 is 0 Å². The third kappa shape index (κ3) is 32.9. The van der Waals surface area contributed by atoms with E-state index in [1.54, 1.807) is 24.3 Å². The number of hydrogen-bond acceptors (Lipinski definition) is 14. The molecular weight excluding hydrogens is 922 g/mol. The van der Waals surface area contributed by atoms with Crippen molar-refractivity contribution in [2.24, 2.45) is 0 Å². The van der Waals surface area contributed by atoms with Crippen molar-refractivity contribution in [3.05, 3.63) is 85.1 Å². The number of esters is 2. The first-order valence-electron chi connectivity index (χ1n) is 24.2. The number of allylic oxidation sites excluding steroid dienone is 12. The zero-order chi connectivity index (χ0) is 50.5. The summed E-state index contributed by atoms with van der Waals surface area (Å²) in [5.74, 6) is -1.40. The maximum Gasteiger partial charge on any atom is 0.472 e. The van der Waals surface area contributed by atoms with Crippen LogP contribution in [0.4, 0.5) is 0 Å². The lowest BCUT2D eigenvalue weighted by Gasteiger charge is -2.43. The van der Waals surface area contributed by atoms with Gasteiger partial charge in [0, 0.05) is 12.8 Å². The number of hydrogen-bond donors (Lipinski definition) is 8. The molecule has 390 valence electrons. The Labute approximate surface area is 404 Å². The number of rotatable bonds is 39. The summed E-state index contributed by atoms with van der Waals surface area (Å²) in [6, 6.07) is 0. The summed E-state index contributed by atoms with van der Waals surface area (Å²) in [5.41, 5.74) is 0. The fourth-order valence-corrected chi connectivity index (χ4v) is 8.32. The van der Waals surface area contributed by atoms with E-state index in [0.29, 0.717) is 12.8 Å². The fourth-order valence-electron chi connectivity index (χ4n) is 6.78. The van der Waals surface area contributed by atoms with Crippen LogP contribution in [0.2, 0.25) is 0 Å². The first-order chi connectivity index (χ1) is 32.5. The van der Waals surface area contributed by atoms with Crippen LogP contribution in [0, 0.1) is 0 Å². The van der Waals surface area contributed by atoms with Gasteiger partial charge in [0.2, 0.25) is 0 Å². The van der Waals surface area contributed by atoms with Gasteiger partial charge in [-0.25, -0.2) is 9.13 Å². The molecule has 0 radical (unpaired) electrons. The second kappa shape index (κ2) is 38.8. The Morgan fingerprint density at radius 1 is 0.559 bits per heavy atom. The SMILES string of the molecule is CC/C=C\C/C=C\C/C=C\C/C=C\C=C/C(O)C/C=C\CCC(=O)OC[C@H](COP(=O)(O)O[C@H]1C(O)C(O)C(O)[C@@H](OP(=O)(O)O)C1O)OC(=O)CCCCCCC/C=C\CCCCCCCC. The summed E-state index contributed by atoms with van der Waals surface area (Å²) >= 11 is 0. The van der Waals surface area contributed by atoms with Crippen molar-refractivity contribution in [2.45, 2.75) is 198 Å². The Kier molecular flexibility index (Phi) is 36.1. The molecule has 1 aliphatic carbocycles. The number of ether oxygens (including phenoxy) is 2. The van der Waals surface area contributed by atoms with Gasteiger partial charge in [0.25, 0.3) is 0 Å². The average molecular weight is 1010 g/mol. The van der Waals surface area contributed by atoms with Crippen molar-refractivity contribution < 1.29 is 82.0 Å². The van der Waals surface area contributed by atoms with Crippen molar-refractivity contribution in [3.8, 4) is 0 Å². The van der Waals surface area contributed by atoms with Gasteiger partial charge >= 0.3 is 27.6 Å². The molecule has 0 aliphatic heterocycles. The van der Waals surface area contributed by atoms with Gasteiger partial charge in [-0.2, -0.15) is 0 Å². The van der Waals surface area contributed by atoms with Crippen LogP contribution in [-0.2, 0) is 41.8 Å². The van der Waals surface area contributed by atoms with Gasteiger partial charge in [0.15, 0.2) is 6.10 Å². The van der Waals surface area contributed by atoms with Gasteiger partial charge in [-0.3, -0.25) is 23.2 Å². The summed E-state index contributed by atoms with van der Waals surface area (Å²) in [6.07, 6.45) is 29.9. The third-order valence-corrected chi connectivity index (χ3v) is 12.1. The number of phosphoric acid groups is 2. The van der Waals surface area contributed by atoms with Crippen LogP contribution in [0.1, 0.15) is 149 Å². The van der Waals surface area contributed by atoms with E-state index in [1.165, 1.54) is 38.5 Å². The molecule has 0 amide bonds. The van der Waals surface area contributed by atoms with E-state index in [-0.39, 0.29) is 19.3 Å². The monoisotopic (exact) mass is 1000 g/mol. The fraction of sp³-hybridized carbons (Fsp3) is 0.673. The lowest BCUT2D eigenvalue weighted by molar-refractivity contribution is -0.216. The molecule has 0 heterocycles. The molecule has 1 rings (SSSR count). The molecule has 1 saturated carbocycles. The average Bonchev–Trinajstić information content (AvgIpc) is 3.29. The van der Waals surface area contributed by atoms with Crippen LogP contribution in [0.5, 0.6) is 0 Å². The number of phosphoric ester groups is 2. The molecule has 1 fully saturated rings. The Bertz CT molecular complexity index is 1650. The van der Waals surface area contributed by atoms with Crippen LogP contribution in [0.25, 0.3) is 0 Å². The van der Waals surface area contributed by atoms with Crippen molar-refractivity contribution in [1.82, 2.24) is 0 Å². The number of carbonyl (C=O) groups is 2. The molecular formula is C49H82O17P2. The summed E-state index contributed by atoms with van der Waals surface area (Å²) in [4.78, 5) is 54.3. The molecule has 9 atom stereocenters. The van der Waals surface area contributed by atoms with E-state index < -0.39 is 89.6 Å². The molecule has 0 aromatic heterocycles. The highest BCUT2D eigenvalue weighted by Crippen LogP contribution is 2.49. The molecule has 6 unspecified atom stereocenters. The second-order valence-corrected chi connectivity index (χ2v) is 19.2. The number of carbonyl (C=O) groups excluding carboxylic acids is 2. The van der Waals surface area contributed by atoms with Gasteiger partial charge in [0.1, 0.15) is 43.2 Å². The first kappa shape index (κ1) is 63.2. The van der Waals surface area contributed by atoms with E-state index in [9.17, 15) is 58.9 Å². The van der Waals surface area contributed by atoms with E-state index in [1.807, 2.05) is 12.2 Å². The molecule has 0 bridgehead atoms. The van der Waals surface area contributed by atoms with Crippen LogP contribution in [0.15, 0.2) is 85.1 Å². The normalized spacial score (nSPS) is 22.4. The van der Waals surface area contributed by atoms with E-state index in [2.05, 4.69) is 67.0 Å². The molecule has 8 N–H and O–H groups in total. The molecule has 19 heteroatoms. The minimum Gasteiger partial charge on any atom is -0.462 e. The highest BCUT2D eigenvalue weighted by molar-refractivity contribution is 7.47. The predicted molar refractivity (Wildman–Crippen MR) is 261 cm³/mol. The molecule has 0 spiro atoms. The van der Waals surface area contributed by atoms with Crippen LogP contribution >= 0.6 is 15.6 Å². The quantitative estimate of drug-likeness (QED) is 0.00944. The van der Waals surface area contributed by atoms with Crippen LogP contribution in [-0.4, -0.2) is 114 Å². The molecule has 17 nitrogen and oxygen atoms in total. The standard InChI is InChI=1S/C49H82O17P2/c1-3-5-7-9-11-13-15-17-18-20-22-24-26-28-32-37-43(52)64-41(39-63-68(60,61)66-49-46(55)44(53)45(54)48(47(49)56)65-67(57,58)59)38-62-42(51)36-33-29-31-35-40(50)34-30-27-25-23-21-19-16-14-12-10-8-6-4-2/h6,8,12,14,17-19,21,25,27,29-31,34,40-41,44-50,53-56H,3-5,7,9-11,13,15-16,20,22-24,26,28,32-33,35-39H2,1-2H3,(H,60,61)(H2,57,58,59)/b8-6-,14-12-,18-17-,21-19-,27-25-,31-29-,34-30-/t40?,41-,44?,45?,46?,47?,48-,49+/m1/s1. The zero-order valence-corrected chi connectivity index (χ0v) is 41.9. The maximum absolute atomic E-state index is 13.0. The highest BCUT2D eigenvalue weighted by Gasteiger charge is 2.54.